The van der Waals surface area contributed by atoms with Crippen LogP contribution in [0.5, 0.6) is 5.75 Å². The van der Waals surface area contributed by atoms with Crippen molar-refractivity contribution >= 4 is 39.0 Å². The van der Waals surface area contributed by atoms with E-state index in [1.54, 1.807) is 23.1 Å². The number of carbonyl (C=O) groups excluding carboxylic acids is 2. The topological polar surface area (TPSA) is 232 Å². The van der Waals surface area contributed by atoms with E-state index in [2.05, 4.69) is 38.7 Å². The molecule has 7 aliphatic carbocycles. The number of nitrogens with zero attached hydrogens (tertiary/aromatic N) is 1. The van der Waals surface area contributed by atoms with Crippen LogP contribution in [0.15, 0.2) is 42.0 Å². The lowest BCUT2D eigenvalue weighted by atomic mass is 9.36. The largest absolute Gasteiger partial charge is 0.508 e. The fourth-order valence-corrected chi connectivity index (χ4v) is 22.9. The lowest BCUT2D eigenvalue weighted by Crippen LogP contribution is -2.75. The third-order valence-corrected chi connectivity index (χ3v) is 26.2. The summed E-state index contributed by atoms with van der Waals surface area (Å²) in [6.07, 6.45) is 9.29. The average molecular weight is 1060 g/mol. The van der Waals surface area contributed by atoms with E-state index in [4.69, 9.17) is 4.74 Å². The Morgan fingerprint density at radius 1 is 0.905 bits per heavy atom. The molecule has 9 bridgehead atoms. The second kappa shape index (κ2) is 17.8. The summed E-state index contributed by atoms with van der Waals surface area (Å²) in [5, 5.41) is 114. The number of aliphatic hydroxyl groups is 8. The van der Waals surface area contributed by atoms with Crippen LogP contribution < -0.4 is 4.90 Å². The van der Waals surface area contributed by atoms with Gasteiger partial charge in [-0.15, -0.1) is 0 Å². The molecule has 6 aliphatic heterocycles. The minimum atomic E-state index is -2.19. The van der Waals surface area contributed by atoms with Crippen LogP contribution in [0.1, 0.15) is 130 Å². The second-order valence-electron chi connectivity index (χ2n) is 26.2. The van der Waals surface area contributed by atoms with Crippen LogP contribution in [-0.4, -0.2) is 129 Å². The Hall–Kier alpha value is -2.46. The predicted molar refractivity (Wildman–Crippen MR) is 281 cm³/mol. The number of rotatable bonds is 5. The molecule has 14 rings (SSSR count). The van der Waals surface area contributed by atoms with Crippen molar-refractivity contribution < 1.29 is 60.3 Å². The number of allylic oxidation sites excluding steroid dienone is 2. The van der Waals surface area contributed by atoms with Gasteiger partial charge in [0.1, 0.15) is 28.5 Å². The molecule has 2 saturated heterocycles. The molecule has 74 heavy (non-hydrogen) atoms. The SMILES string of the molecule is CC(C)[C@@H](C)[C@@H]1O[C@H]1[C@@]1(O)CC=C[C@@H]2C[C@H]3C4=CC(=O)[C@@]56[C@H](C#CC7(CCCCC7)[C@@H](O)[C@H](SS[C@@H]5O)[C@H]5CCC[C@@H](CO)[C@@]57CCN(C7=O)c5cc(O)cc(c5)CC[C@]25[C@@H]1CC[C@@]45O)[C@@H](O)[C@](O)(CO)C[C@]36C. The maximum absolute atomic E-state index is 16.4. The van der Waals surface area contributed by atoms with Gasteiger partial charge in [0.05, 0.1) is 52.7 Å². The summed E-state index contributed by atoms with van der Waals surface area (Å²) >= 11 is 0. The number of fused-ring (bicyclic) bond motifs is 1. The van der Waals surface area contributed by atoms with Crippen molar-refractivity contribution in [1.29, 1.82) is 0 Å². The smallest absolute Gasteiger partial charge is 0.233 e. The number of hydrogen-bond acceptors (Lipinski definition) is 14. The van der Waals surface area contributed by atoms with Crippen LogP contribution in [0, 0.1) is 86.3 Å². The van der Waals surface area contributed by atoms with Crippen molar-refractivity contribution in [1.82, 2.24) is 0 Å². The Kier molecular flexibility index (Phi) is 12.5. The number of aromatic hydroxyl groups is 1. The van der Waals surface area contributed by atoms with E-state index < -0.39 is 121 Å². The van der Waals surface area contributed by atoms with Gasteiger partial charge in [0, 0.05) is 41.5 Å². The Labute approximate surface area is 443 Å². The molecule has 0 aromatic heterocycles. The second-order valence-corrected chi connectivity index (χ2v) is 28.7. The third-order valence-electron chi connectivity index (χ3n) is 23.2. The van der Waals surface area contributed by atoms with E-state index in [9.17, 15) is 46.0 Å². The Bertz CT molecular complexity index is 2590. The summed E-state index contributed by atoms with van der Waals surface area (Å²) in [6.45, 7) is 7.54. The molecule has 9 N–H and O–H groups in total. The summed E-state index contributed by atoms with van der Waals surface area (Å²) in [7, 11) is 2.33. The van der Waals surface area contributed by atoms with Gasteiger partial charge < -0.3 is 55.6 Å². The lowest BCUT2D eigenvalue weighted by Gasteiger charge is -2.69. The van der Waals surface area contributed by atoms with Crippen LogP contribution in [0.2, 0.25) is 0 Å². The molecule has 13 aliphatic rings. The molecule has 15 heteroatoms. The molecule has 0 radical (unpaired) electrons. The van der Waals surface area contributed by atoms with E-state index in [1.165, 1.54) is 10.8 Å². The molecular weight excluding hydrogens is 979 g/mol. The standard InChI is InChI=1S/C59H79NO12S2/c1-32(2)33(3)45-49(72-45)57(70)18-9-11-35-26-41-42-28-44(64)59-40(47(65)54(69,31-62)30-52(41,59)4)14-19-53(16-6-5-7-17-53)48(66)46(73-74-51(59)68)39-12-8-10-36(29-61)55(39)22-23-60(50(55)67)37-24-34(25-38(63)27-37)13-20-56(35)43(57)15-21-58(42,56)71/h9,11,24-25,27-28,32-33,35-36,39-41,43,45-49,51,61-63,65-66,68-71H,5-8,10,12-13,15-18,20-23,26,29-31H2,1-4H3/t33-,35-,36+,39-,40-,41+,43+,45+,46-,47-,48+,49-,51+,52-,54-,55+,56-,57-,58-,59+/m1/s1. The highest BCUT2D eigenvalue weighted by atomic mass is 33.1. The van der Waals surface area contributed by atoms with Gasteiger partial charge in [-0.2, -0.15) is 0 Å². The summed E-state index contributed by atoms with van der Waals surface area (Å²) in [4.78, 5) is 34.0. The number of phenols is 1. The van der Waals surface area contributed by atoms with Crippen LogP contribution in [0.4, 0.5) is 5.69 Å². The first-order valence-corrected chi connectivity index (χ1v) is 30.5. The van der Waals surface area contributed by atoms with Gasteiger partial charge in [-0.1, -0.05) is 99.0 Å². The highest BCUT2D eigenvalue weighted by Gasteiger charge is 2.80. The first-order chi connectivity index (χ1) is 35.2. The van der Waals surface area contributed by atoms with E-state index in [0.717, 1.165) is 35.6 Å². The molecule has 1 aromatic rings. The van der Waals surface area contributed by atoms with Crippen LogP contribution in [0.3, 0.4) is 0 Å². The molecule has 20 atom stereocenters. The van der Waals surface area contributed by atoms with Gasteiger partial charge in [0.15, 0.2) is 5.78 Å². The summed E-state index contributed by atoms with van der Waals surface area (Å²) in [5.41, 5.74) is -11.9. The van der Waals surface area contributed by atoms with Crippen molar-refractivity contribution in [3.8, 4) is 17.6 Å². The van der Waals surface area contributed by atoms with Gasteiger partial charge in [-0.05, 0) is 147 Å². The van der Waals surface area contributed by atoms with E-state index in [1.807, 2.05) is 19.1 Å². The van der Waals surface area contributed by atoms with E-state index in [0.29, 0.717) is 82.0 Å². The molecule has 6 heterocycles. The molecule has 4 spiro atoms. The molecule has 1 amide bonds. The molecule has 13 nitrogen and oxygen atoms in total. The van der Waals surface area contributed by atoms with Gasteiger partial charge in [0.25, 0.3) is 0 Å². The number of aliphatic hydroxyl groups excluding tert-OH is 5. The number of amides is 1. The quantitative estimate of drug-likeness (QED) is 0.0715. The molecule has 7 fully saturated rings. The number of aryl methyl sites for hydroxylation is 1. The monoisotopic (exact) mass is 1060 g/mol. The van der Waals surface area contributed by atoms with Gasteiger partial charge in [0.2, 0.25) is 5.91 Å². The van der Waals surface area contributed by atoms with Crippen LogP contribution in [-0.2, 0) is 20.7 Å². The van der Waals surface area contributed by atoms with Crippen molar-refractivity contribution in [3.63, 3.8) is 0 Å². The zero-order chi connectivity index (χ0) is 52.3. The van der Waals surface area contributed by atoms with E-state index >= 15 is 9.59 Å². The minimum absolute atomic E-state index is 0.0228. The number of ether oxygens (including phenoxy) is 1. The number of ketones is 1. The van der Waals surface area contributed by atoms with Gasteiger partial charge >= 0.3 is 0 Å². The first-order valence-electron chi connectivity index (χ1n) is 28.2. The molecule has 0 unspecified atom stereocenters. The molecule has 1 aromatic carbocycles. The Balaban J connectivity index is 1.13. The lowest BCUT2D eigenvalue weighted by molar-refractivity contribution is -0.249. The zero-order valence-electron chi connectivity index (χ0n) is 43.5. The number of epoxide rings is 1. The normalized spacial score (nSPS) is 49.3. The summed E-state index contributed by atoms with van der Waals surface area (Å²) in [5.74, 6) is 2.63. The number of benzene rings is 1. The molecule has 404 valence electrons. The maximum atomic E-state index is 16.4. The number of carbonyl (C=O) groups is 2. The summed E-state index contributed by atoms with van der Waals surface area (Å²) in [6, 6.07) is 5.28. The van der Waals surface area contributed by atoms with Crippen molar-refractivity contribution in [2.45, 2.75) is 182 Å². The fraction of sp³-hybridized carbons (Fsp3) is 0.763. The minimum Gasteiger partial charge on any atom is -0.508 e. The number of hydrogen-bond donors (Lipinski definition) is 9. The van der Waals surface area contributed by atoms with Crippen molar-refractivity contribution in [2.24, 2.45) is 74.4 Å². The highest BCUT2D eigenvalue weighted by Crippen LogP contribution is 2.77. The Morgan fingerprint density at radius 2 is 1.68 bits per heavy atom. The number of phenolic OH excluding ortho intramolecular Hbond substituents is 1. The van der Waals surface area contributed by atoms with Crippen molar-refractivity contribution in [2.75, 3.05) is 24.7 Å². The van der Waals surface area contributed by atoms with Gasteiger partial charge in [-0.25, -0.2) is 0 Å². The van der Waals surface area contributed by atoms with Crippen LogP contribution in [0.25, 0.3) is 0 Å². The molecule has 5 saturated carbocycles. The van der Waals surface area contributed by atoms with Crippen molar-refractivity contribution in [3.05, 3.63) is 47.6 Å². The Morgan fingerprint density at radius 3 is 2.41 bits per heavy atom. The maximum Gasteiger partial charge on any atom is 0.233 e. The highest BCUT2D eigenvalue weighted by molar-refractivity contribution is 8.77. The predicted octanol–water partition coefficient (Wildman–Crippen LogP) is 5.99. The van der Waals surface area contributed by atoms with Crippen LogP contribution >= 0.6 is 21.6 Å². The number of anilines is 1. The molecular formula is C59H79NO12S2. The summed E-state index contributed by atoms with van der Waals surface area (Å²) < 4.78 is 6.53. The fourth-order valence-electron chi connectivity index (χ4n) is 19.2. The van der Waals surface area contributed by atoms with Gasteiger partial charge in [-0.3, -0.25) is 9.59 Å². The first kappa shape index (κ1) is 52.3. The van der Waals surface area contributed by atoms with E-state index in [-0.39, 0.29) is 55.5 Å². The third kappa shape index (κ3) is 6.72. The zero-order valence-corrected chi connectivity index (χ0v) is 45.1. The average Bonchev–Trinajstić information content (AvgIpc) is 4.06.